The Kier molecular flexibility index (Phi) is 5.46. The van der Waals surface area contributed by atoms with E-state index < -0.39 is 9.84 Å². The van der Waals surface area contributed by atoms with Crippen LogP contribution in [0.25, 0.3) is 0 Å². The van der Waals surface area contributed by atoms with Gasteiger partial charge in [0.05, 0.1) is 17.3 Å². The van der Waals surface area contributed by atoms with Crippen molar-refractivity contribution >= 4 is 27.5 Å². The fourth-order valence-electron chi connectivity index (χ4n) is 3.58. The zero-order valence-electron chi connectivity index (χ0n) is 15.8. The summed E-state index contributed by atoms with van der Waals surface area (Å²) >= 11 is 1.37. The van der Waals surface area contributed by atoms with Gasteiger partial charge in [0.1, 0.15) is 5.82 Å². The first-order valence-electron chi connectivity index (χ1n) is 9.49. The molecule has 1 aliphatic carbocycles. The molecular weight excluding hydrogens is 396 g/mol. The molecule has 4 rings (SSSR count). The van der Waals surface area contributed by atoms with Crippen LogP contribution in [0.15, 0.2) is 35.5 Å². The number of aromatic nitrogens is 3. The monoisotopic (exact) mass is 420 g/mol. The zero-order valence-corrected chi connectivity index (χ0v) is 17.5. The molecule has 9 heteroatoms. The Labute approximate surface area is 169 Å². The molecule has 2 heterocycles. The molecule has 7 nitrogen and oxygen atoms in total. The molecule has 1 saturated heterocycles. The van der Waals surface area contributed by atoms with Gasteiger partial charge in [0, 0.05) is 25.6 Å². The minimum Gasteiger partial charge on any atom is -0.334 e. The first kappa shape index (κ1) is 19.4. The van der Waals surface area contributed by atoms with Gasteiger partial charge in [-0.25, -0.2) is 8.42 Å². The molecule has 28 heavy (non-hydrogen) atoms. The van der Waals surface area contributed by atoms with Crippen LogP contribution in [0, 0.1) is 0 Å². The van der Waals surface area contributed by atoms with Crippen molar-refractivity contribution in [2.24, 2.45) is 7.05 Å². The predicted octanol–water partition coefficient (Wildman–Crippen LogP) is 2.00. The molecule has 0 N–H and O–H groups in total. The van der Waals surface area contributed by atoms with Crippen LogP contribution in [0.1, 0.15) is 36.6 Å². The number of rotatable bonds is 7. The average Bonchev–Trinajstić information content (AvgIpc) is 3.36. The van der Waals surface area contributed by atoms with Crippen molar-refractivity contribution in [3.8, 4) is 0 Å². The van der Waals surface area contributed by atoms with Crippen LogP contribution >= 0.6 is 11.8 Å². The Morgan fingerprint density at radius 3 is 2.61 bits per heavy atom. The standard InChI is InChI=1S/C19H24N4O3S2/c1-22-18(15-7-8-15)20-21-19(22)27-12-17(24)23(11-14-5-3-2-4-6-14)16-9-10-28(25,26)13-16/h2-6,15-16H,7-13H2,1H3/t16-/m1/s1. The number of benzene rings is 1. The number of thioether (sulfide) groups is 1. The third-order valence-corrected chi connectivity index (χ3v) is 8.06. The van der Waals surface area contributed by atoms with Crippen molar-refractivity contribution in [3.63, 3.8) is 0 Å². The number of carbonyl (C=O) groups is 1. The molecule has 0 radical (unpaired) electrons. The summed E-state index contributed by atoms with van der Waals surface area (Å²) in [6, 6.07) is 9.44. The number of carbonyl (C=O) groups excluding carboxylic acids is 1. The molecule has 1 aliphatic heterocycles. The Bertz CT molecular complexity index is 955. The fraction of sp³-hybridized carbons (Fsp3) is 0.526. The van der Waals surface area contributed by atoms with E-state index in [9.17, 15) is 13.2 Å². The summed E-state index contributed by atoms with van der Waals surface area (Å²) in [6.45, 7) is 0.423. The summed E-state index contributed by atoms with van der Waals surface area (Å²) in [6.07, 6.45) is 2.80. The second kappa shape index (κ2) is 7.87. The van der Waals surface area contributed by atoms with Crippen LogP contribution in [0.4, 0.5) is 0 Å². The molecular formula is C19H24N4O3S2. The van der Waals surface area contributed by atoms with Gasteiger partial charge in [-0.3, -0.25) is 4.79 Å². The second-order valence-corrected chi connectivity index (χ2v) is 10.7. The molecule has 150 valence electrons. The van der Waals surface area contributed by atoms with Crippen molar-refractivity contribution in [2.75, 3.05) is 17.3 Å². The Morgan fingerprint density at radius 2 is 1.96 bits per heavy atom. The van der Waals surface area contributed by atoms with Gasteiger partial charge in [-0.05, 0) is 24.8 Å². The van der Waals surface area contributed by atoms with Crippen molar-refractivity contribution in [2.45, 2.75) is 42.9 Å². The molecule has 1 aromatic carbocycles. The van der Waals surface area contributed by atoms with Gasteiger partial charge in [0.2, 0.25) is 5.91 Å². The lowest BCUT2D eigenvalue weighted by Crippen LogP contribution is -2.41. The maximum Gasteiger partial charge on any atom is 0.233 e. The summed E-state index contributed by atoms with van der Waals surface area (Å²) in [5.41, 5.74) is 1.000. The van der Waals surface area contributed by atoms with Crippen LogP contribution in [0.5, 0.6) is 0 Å². The van der Waals surface area contributed by atoms with Gasteiger partial charge in [-0.15, -0.1) is 10.2 Å². The summed E-state index contributed by atoms with van der Waals surface area (Å²) < 4.78 is 25.9. The van der Waals surface area contributed by atoms with E-state index in [2.05, 4.69) is 10.2 Å². The van der Waals surface area contributed by atoms with E-state index in [1.807, 2.05) is 41.9 Å². The maximum atomic E-state index is 13.0. The minimum absolute atomic E-state index is 0.0476. The summed E-state index contributed by atoms with van der Waals surface area (Å²) in [5, 5.41) is 9.21. The Morgan fingerprint density at radius 1 is 1.21 bits per heavy atom. The third kappa shape index (κ3) is 4.41. The number of nitrogens with zero attached hydrogens (tertiary/aromatic N) is 4. The molecule has 2 fully saturated rings. The highest BCUT2D eigenvalue weighted by molar-refractivity contribution is 7.99. The van der Waals surface area contributed by atoms with E-state index in [-0.39, 0.29) is 29.2 Å². The number of hydrogen-bond acceptors (Lipinski definition) is 6. The fourth-order valence-corrected chi connectivity index (χ4v) is 6.12. The van der Waals surface area contributed by atoms with Gasteiger partial charge in [-0.2, -0.15) is 0 Å². The molecule has 0 spiro atoms. The van der Waals surface area contributed by atoms with E-state index in [1.165, 1.54) is 11.8 Å². The van der Waals surface area contributed by atoms with Crippen LogP contribution in [-0.2, 0) is 28.2 Å². The normalized spacial score (nSPS) is 21.0. The average molecular weight is 421 g/mol. The van der Waals surface area contributed by atoms with Gasteiger partial charge in [0.15, 0.2) is 15.0 Å². The summed E-state index contributed by atoms with van der Waals surface area (Å²) in [4.78, 5) is 14.8. The van der Waals surface area contributed by atoms with E-state index in [0.717, 1.165) is 29.4 Å². The van der Waals surface area contributed by atoms with E-state index in [0.29, 0.717) is 18.9 Å². The predicted molar refractivity (Wildman–Crippen MR) is 108 cm³/mol. The Balaban J connectivity index is 1.46. The topological polar surface area (TPSA) is 85.2 Å². The van der Waals surface area contributed by atoms with Crippen molar-refractivity contribution in [3.05, 3.63) is 41.7 Å². The van der Waals surface area contributed by atoms with Crippen molar-refractivity contribution in [1.82, 2.24) is 19.7 Å². The molecule has 2 aliphatic rings. The van der Waals surface area contributed by atoms with E-state index >= 15 is 0 Å². The lowest BCUT2D eigenvalue weighted by atomic mass is 10.1. The number of amides is 1. The van der Waals surface area contributed by atoms with Crippen molar-refractivity contribution in [1.29, 1.82) is 0 Å². The van der Waals surface area contributed by atoms with Gasteiger partial charge < -0.3 is 9.47 Å². The first-order valence-corrected chi connectivity index (χ1v) is 12.3. The van der Waals surface area contributed by atoms with Crippen LogP contribution in [-0.4, -0.2) is 57.3 Å². The van der Waals surface area contributed by atoms with Gasteiger partial charge >= 0.3 is 0 Å². The Hall–Kier alpha value is -1.87. The molecule has 1 atom stereocenters. The number of hydrogen-bond donors (Lipinski definition) is 0. The maximum absolute atomic E-state index is 13.0. The molecule has 2 aromatic rings. The molecule has 0 unspecified atom stereocenters. The highest BCUT2D eigenvalue weighted by Crippen LogP contribution is 2.39. The zero-order chi connectivity index (χ0) is 19.7. The summed E-state index contributed by atoms with van der Waals surface area (Å²) in [7, 11) is -1.13. The van der Waals surface area contributed by atoms with Crippen LogP contribution in [0.3, 0.4) is 0 Å². The van der Waals surface area contributed by atoms with Crippen molar-refractivity contribution < 1.29 is 13.2 Å². The molecule has 1 aromatic heterocycles. The third-order valence-electron chi connectivity index (χ3n) is 5.30. The molecule has 0 bridgehead atoms. The van der Waals surface area contributed by atoms with Crippen LogP contribution in [0.2, 0.25) is 0 Å². The number of sulfone groups is 1. The highest BCUT2D eigenvalue weighted by Gasteiger charge is 2.35. The molecule has 1 saturated carbocycles. The highest BCUT2D eigenvalue weighted by atomic mass is 32.2. The lowest BCUT2D eigenvalue weighted by Gasteiger charge is -2.28. The largest absolute Gasteiger partial charge is 0.334 e. The second-order valence-electron chi connectivity index (χ2n) is 7.53. The summed E-state index contributed by atoms with van der Waals surface area (Å²) in [5.74, 6) is 1.84. The van der Waals surface area contributed by atoms with E-state index in [4.69, 9.17) is 0 Å². The quantitative estimate of drug-likeness (QED) is 0.637. The van der Waals surface area contributed by atoms with E-state index in [1.54, 1.807) is 4.90 Å². The SMILES string of the molecule is Cn1c(SCC(=O)N(Cc2ccccc2)[C@@H]2CCS(=O)(=O)C2)nnc1C1CC1. The van der Waals surface area contributed by atoms with Gasteiger partial charge in [-0.1, -0.05) is 42.1 Å². The smallest absolute Gasteiger partial charge is 0.233 e. The molecule has 1 amide bonds. The minimum atomic E-state index is -3.07. The first-order chi connectivity index (χ1) is 13.4. The van der Waals surface area contributed by atoms with Crippen LogP contribution < -0.4 is 0 Å². The lowest BCUT2D eigenvalue weighted by molar-refractivity contribution is -0.130. The van der Waals surface area contributed by atoms with Gasteiger partial charge in [0.25, 0.3) is 0 Å².